The number of nitrogens with one attached hydrogen (secondary N) is 2. The Labute approximate surface area is 202 Å². The van der Waals surface area contributed by atoms with Crippen molar-refractivity contribution in [2.45, 2.75) is 13.8 Å². The van der Waals surface area contributed by atoms with Crippen molar-refractivity contribution in [2.75, 3.05) is 18.5 Å². The van der Waals surface area contributed by atoms with E-state index >= 15 is 0 Å². The van der Waals surface area contributed by atoms with Crippen molar-refractivity contribution < 1.29 is 28.6 Å². The SMILES string of the molecule is CCOc1ccc(C(=O)Oc2ccc(/C=N\NC(=O)C(=O)Nc3ccccc3)cc2OCC)cc1. The number of hydrazone groups is 1. The molecule has 9 nitrogen and oxygen atoms in total. The van der Waals surface area contributed by atoms with Gasteiger partial charge in [0.25, 0.3) is 0 Å². The van der Waals surface area contributed by atoms with Gasteiger partial charge in [-0.05, 0) is 74.0 Å². The average Bonchev–Trinajstić information content (AvgIpc) is 2.87. The van der Waals surface area contributed by atoms with Crippen molar-refractivity contribution in [2.24, 2.45) is 5.10 Å². The van der Waals surface area contributed by atoms with Gasteiger partial charge in [-0.1, -0.05) is 18.2 Å². The molecule has 3 aromatic rings. The quantitative estimate of drug-likeness (QED) is 0.160. The lowest BCUT2D eigenvalue weighted by atomic mass is 10.2. The molecule has 2 N–H and O–H groups in total. The van der Waals surface area contributed by atoms with Crippen LogP contribution in [0.1, 0.15) is 29.8 Å². The molecule has 0 atom stereocenters. The number of nitrogens with zero attached hydrogens (tertiary/aromatic N) is 1. The number of rotatable bonds is 9. The van der Waals surface area contributed by atoms with Gasteiger partial charge in [0.05, 0.1) is 25.0 Å². The number of amides is 2. The Kier molecular flexibility index (Phi) is 8.95. The van der Waals surface area contributed by atoms with Crippen LogP contribution in [0.3, 0.4) is 0 Å². The minimum atomic E-state index is -0.920. The summed E-state index contributed by atoms with van der Waals surface area (Å²) >= 11 is 0. The largest absolute Gasteiger partial charge is 0.494 e. The topological polar surface area (TPSA) is 115 Å². The van der Waals surface area contributed by atoms with Crippen LogP contribution in [0.4, 0.5) is 5.69 Å². The standard InChI is InChI=1S/C26H25N3O6/c1-3-33-21-13-11-19(12-14-21)26(32)35-22-15-10-18(16-23(22)34-4-2)17-27-29-25(31)24(30)28-20-8-6-5-7-9-20/h5-17H,3-4H2,1-2H3,(H,28,30)(H,29,31)/b27-17-. The summed E-state index contributed by atoms with van der Waals surface area (Å²) in [4.78, 5) is 36.4. The molecule has 0 aliphatic rings. The van der Waals surface area contributed by atoms with E-state index in [-0.39, 0.29) is 5.75 Å². The fourth-order valence-electron chi connectivity index (χ4n) is 2.90. The van der Waals surface area contributed by atoms with Gasteiger partial charge in [-0.15, -0.1) is 0 Å². The highest BCUT2D eigenvalue weighted by molar-refractivity contribution is 6.39. The summed E-state index contributed by atoms with van der Waals surface area (Å²) < 4.78 is 16.5. The van der Waals surface area contributed by atoms with Crippen molar-refractivity contribution in [3.63, 3.8) is 0 Å². The number of esters is 1. The second-order valence-corrected chi connectivity index (χ2v) is 7.01. The highest BCUT2D eigenvalue weighted by Gasteiger charge is 2.14. The van der Waals surface area contributed by atoms with Gasteiger partial charge in [0.1, 0.15) is 5.75 Å². The third kappa shape index (κ3) is 7.43. The molecule has 0 fully saturated rings. The first-order valence-electron chi connectivity index (χ1n) is 10.9. The van der Waals surface area contributed by atoms with Gasteiger partial charge in [0, 0.05) is 5.69 Å². The molecule has 0 saturated heterocycles. The summed E-state index contributed by atoms with van der Waals surface area (Å²) in [5.41, 5.74) is 3.57. The number of benzene rings is 3. The minimum absolute atomic E-state index is 0.231. The van der Waals surface area contributed by atoms with Gasteiger partial charge in [0.15, 0.2) is 11.5 Å². The number of ether oxygens (including phenoxy) is 3. The zero-order valence-corrected chi connectivity index (χ0v) is 19.3. The molecule has 0 aliphatic carbocycles. The van der Waals surface area contributed by atoms with Crippen molar-refractivity contribution >= 4 is 29.7 Å². The second kappa shape index (κ2) is 12.5. The molecule has 0 heterocycles. The summed E-state index contributed by atoms with van der Waals surface area (Å²) in [7, 11) is 0. The number of hydrogen-bond donors (Lipinski definition) is 2. The molecule has 35 heavy (non-hydrogen) atoms. The summed E-state index contributed by atoms with van der Waals surface area (Å²) in [5, 5.41) is 6.27. The fourth-order valence-corrected chi connectivity index (χ4v) is 2.90. The Bertz CT molecular complexity index is 1190. The third-order valence-corrected chi connectivity index (χ3v) is 4.49. The van der Waals surface area contributed by atoms with Gasteiger partial charge in [-0.2, -0.15) is 5.10 Å². The summed E-state index contributed by atoms with van der Waals surface area (Å²) in [6, 6.07) is 20.0. The van der Waals surface area contributed by atoms with Crippen molar-refractivity contribution in [1.29, 1.82) is 0 Å². The molecule has 180 valence electrons. The fraction of sp³-hybridized carbons (Fsp3) is 0.154. The minimum Gasteiger partial charge on any atom is -0.494 e. The Balaban J connectivity index is 1.62. The Morgan fingerprint density at radius 1 is 0.829 bits per heavy atom. The van der Waals surface area contributed by atoms with Crippen molar-refractivity contribution in [3.8, 4) is 17.2 Å². The number of carbonyl (C=O) groups excluding carboxylic acids is 3. The number of hydrogen-bond acceptors (Lipinski definition) is 7. The monoisotopic (exact) mass is 475 g/mol. The lowest BCUT2D eigenvalue weighted by Crippen LogP contribution is -2.32. The van der Waals surface area contributed by atoms with Crippen LogP contribution in [0.2, 0.25) is 0 Å². The van der Waals surface area contributed by atoms with E-state index in [1.807, 2.05) is 6.92 Å². The van der Waals surface area contributed by atoms with E-state index in [1.54, 1.807) is 79.7 Å². The first-order chi connectivity index (χ1) is 17.0. The van der Waals surface area contributed by atoms with Crippen LogP contribution in [0.25, 0.3) is 0 Å². The molecule has 3 rings (SSSR count). The van der Waals surface area contributed by atoms with Gasteiger partial charge < -0.3 is 19.5 Å². The van der Waals surface area contributed by atoms with Crippen LogP contribution in [0, 0.1) is 0 Å². The molecule has 0 unspecified atom stereocenters. The highest BCUT2D eigenvalue weighted by atomic mass is 16.6. The molecule has 0 radical (unpaired) electrons. The first kappa shape index (κ1) is 25.0. The maximum absolute atomic E-state index is 12.5. The van der Waals surface area contributed by atoms with Gasteiger partial charge in [-0.3, -0.25) is 9.59 Å². The maximum Gasteiger partial charge on any atom is 0.343 e. The van der Waals surface area contributed by atoms with Crippen LogP contribution in [0.5, 0.6) is 17.2 Å². The van der Waals surface area contributed by atoms with Crippen molar-refractivity contribution in [3.05, 3.63) is 83.9 Å². The molecule has 0 aromatic heterocycles. The molecule has 3 aromatic carbocycles. The Hall–Kier alpha value is -4.66. The lowest BCUT2D eigenvalue weighted by Gasteiger charge is -2.11. The highest BCUT2D eigenvalue weighted by Crippen LogP contribution is 2.29. The van der Waals surface area contributed by atoms with E-state index in [2.05, 4.69) is 15.8 Å². The predicted molar refractivity (Wildman–Crippen MR) is 131 cm³/mol. The number of anilines is 1. The first-order valence-corrected chi connectivity index (χ1v) is 10.9. The molecule has 0 bridgehead atoms. The Morgan fingerprint density at radius 2 is 1.54 bits per heavy atom. The van der Waals surface area contributed by atoms with E-state index in [9.17, 15) is 14.4 Å². The van der Waals surface area contributed by atoms with Gasteiger partial charge >= 0.3 is 17.8 Å². The number of carbonyl (C=O) groups is 3. The van der Waals surface area contributed by atoms with Gasteiger partial charge in [0.2, 0.25) is 0 Å². The summed E-state index contributed by atoms with van der Waals surface area (Å²) in [5.74, 6) is -1.10. The van der Waals surface area contributed by atoms with Gasteiger partial charge in [-0.25, -0.2) is 10.2 Å². The molecular formula is C26H25N3O6. The van der Waals surface area contributed by atoms with Crippen LogP contribution in [-0.2, 0) is 9.59 Å². The normalized spacial score (nSPS) is 10.5. The van der Waals surface area contributed by atoms with Crippen LogP contribution in [0.15, 0.2) is 77.9 Å². The Morgan fingerprint density at radius 3 is 2.23 bits per heavy atom. The van der Waals surface area contributed by atoms with E-state index in [0.29, 0.717) is 41.5 Å². The van der Waals surface area contributed by atoms with E-state index in [4.69, 9.17) is 14.2 Å². The summed E-state index contributed by atoms with van der Waals surface area (Å²) in [6.45, 7) is 4.54. The number of para-hydroxylation sites is 1. The molecule has 0 aliphatic heterocycles. The molecular weight excluding hydrogens is 450 g/mol. The van der Waals surface area contributed by atoms with Crippen LogP contribution >= 0.6 is 0 Å². The molecule has 2 amide bonds. The molecule has 9 heteroatoms. The van der Waals surface area contributed by atoms with E-state index < -0.39 is 17.8 Å². The zero-order chi connectivity index (χ0) is 25.0. The van der Waals surface area contributed by atoms with E-state index in [0.717, 1.165) is 0 Å². The smallest absolute Gasteiger partial charge is 0.343 e. The van der Waals surface area contributed by atoms with E-state index in [1.165, 1.54) is 6.21 Å². The van der Waals surface area contributed by atoms with Crippen LogP contribution < -0.4 is 25.0 Å². The third-order valence-electron chi connectivity index (χ3n) is 4.49. The zero-order valence-electron chi connectivity index (χ0n) is 19.3. The van der Waals surface area contributed by atoms with Crippen LogP contribution in [-0.4, -0.2) is 37.2 Å². The molecule has 0 saturated carbocycles. The maximum atomic E-state index is 12.5. The second-order valence-electron chi connectivity index (χ2n) is 7.01. The molecule has 0 spiro atoms. The summed E-state index contributed by atoms with van der Waals surface area (Å²) in [6.07, 6.45) is 1.34. The average molecular weight is 476 g/mol. The predicted octanol–water partition coefficient (Wildman–Crippen LogP) is 3.79. The lowest BCUT2D eigenvalue weighted by molar-refractivity contribution is -0.136. The van der Waals surface area contributed by atoms with Crippen molar-refractivity contribution in [1.82, 2.24) is 5.43 Å².